The highest BCUT2D eigenvalue weighted by Gasteiger charge is 2.51. The van der Waals surface area contributed by atoms with Crippen molar-refractivity contribution in [2.75, 3.05) is 13.2 Å². The average Bonchev–Trinajstić information content (AvgIpc) is 3.15. The minimum Gasteiger partial charge on any atom is -0.463 e. The summed E-state index contributed by atoms with van der Waals surface area (Å²) in [4.78, 5) is 52.8. The lowest BCUT2D eigenvalue weighted by Gasteiger charge is -2.43. The normalized spacial score (nSPS) is 19.0. The Morgan fingerprint density at radius 3 is 2.50 bits per heavy atom. The van der Waals surface area contributed by atoms with E-state index in [1.165, 1.54) is 4.90 Å². The molecule has 0 atom stereocenters. The molecule has 1 aliphatic carbocycles. The van der Waals surface area contributed by atoms with Crippen LogP contribution in [0.1, 0.15) is 51.5 Å². The zero-order chi connectivity index (χ0) is 21.9. The van der Waals surface area contributed by atoms with Crippen molar-refractivity contribution in [3.05, 3.63) is 34.9 Å². The van der Waals surface area contributed by atoms with E-state index in [9.17, 15) is 19.2 Å². The van der Waals surface area contributed by atoms with Crippen LogP contribution in [-0.4, -0.2) is 52.3 Å². The largest absolute Gasteiger partial charge is 0.463 e. The second kappa shape index (κ2) is 9.16. The lowest BCUT2D eigenvalue weighted by atomic mass is 9.94. The molecule has 1 heterocycles. The SMILES string of the molecule is CC(C)C(=O)OCC1(N2C(=O)CC(=O)N(CCc3cccc(Cl)c3)C2=O)CCCC1. The molecule has 1 saturated carbocycles. The summed E-state index contributed by atoms with van der Waals surface area (Å²) in [6.45, 7) is 3.59. The van der Waals surface area contributed by atoms with Crippen LogP contribution in [0, 0.1) is 5.92 Å². The number of urea groups is 1. The predicted molar refractivity (Wildman–Crippen MR) is 111 cm³/mol. The topological polar surface area (TPSA) is 84.0 Å². The predicted octanol–water partition coefficient (Wildman–Crippen LogP) is 3.58. The number of amides is 4. The number of barbiturate groups is 1. The van der Waals surface area contributed by atoms with Crippen LogP contribution < -0.4 is 0 Å². The molecule has 0 N–H and O–H groups in total. The molecule has 0 radical (unpaired) electrons. The van der Waals surface area contributed by atoms with E-state index in [4.69, 9.17) is 16.3 Å². The third-order valence-electron chi connectivity index (χ3n) is 5.75. The van der Waals surface area contributed by atoms with Gasteiger partial charge in [-0.25, -0.2) is 4.79 Å². The summed E-state index contributed by atoms with van der Waals surface area (Å²) >= 11 is 6.01. The van der Waals surface area contributed by atoms with Crippen molar-refractivity contribution in [2.24, 2.45) is 5.92 Å². The Bertz CT molecular complexity index is 848. The Hall–Kier alpha value is -2.41. The molecule has 3 rings (SSSR count). The van der Waals surface area contributed by atoms with Gasteiger partial charge in [0.2, 0.25) is 11.8 Å². The van der Waals surface area contributed by atoms with Gasteiger partial charge in [0, 0.05) is 11.6 Å². The molecule has 8 heteroatoms. The van der Waals surface area contributed by atoms with Gasteiger partial charge < -0.3 is 4.74 Å². The Kier molecular flexibility index (Phi) is 6.81. The quantitative estimate of drug-likeness (QED) is 0.483. The molecule has 1 aromatic carbocycles. The summed E-state index contributed by atoms with van der Waals surface area (Å²) < 4.78 is 5.44. The molecule has 2 aliphatic rings. The van der Waals surface area contributed by atoms with Gasteiger partial charge in [-0.15, -0.1) is 0 Å². The van der Waals surface area contributed by atoms with E-state index in [1.807, 2.05) is 12.1 Å². The van der Waals surface area contributed by atoms with Crippen LogP contribution in [0.2, 0.25) is 5.02 Å². The van der Waals surface area contributed by atoms with E-state index in [0.717, 1.165) is 23.3 Å². The van der Waals surface area contributed by atoms with Crippen LogP contribution in [0.3, 0.4) is 0 Å². The zero-order valence-corrected chi connectivity index (χ0v) is 18.1. The number of ether oxygens (including phenoxy) is 1. The van der Waals surface area contributed by atoms with Crippen molar-refractivity contribution in [1.82, 2.24) is 9.80 Å². The molecule has 0 aromatic heterocycles. The van der Waals surface area contributed by atoms with Crippen molar-refractivity contribution >= 4 is 35.4 Å². The summed E-state index contributed by atoms with van der Waals surface area (Å²) in [7, 11) is 0. The van der Waals surface area contributed by atoms with Gasteiger partial charge in [-0.1, -0.05) is 50.4 Å². The minimum atomic E-state index is -0.881. The standard InChI is InChI=1S/C22H27ClN2O5/c1-15(2)20(28)30-14-22(9-3-4-10-22)25-19(27)13-18(26)24(21(25)29)11-8-16-6-5-7-17(23)12-16/h5-7,12,15H,3-4,8-11,13-14H2,1-2H3. The molecule has 162 valence electrons. The number of imide groups is 2. The molecule has 1 aromatic rings. The van der Waals surface area contributed by atoms with Gasteiger partial charge in [0.05, 0.1) is 11.5 Å². The Morgan fingerprint density at radius 1 is 1.17 bits per heavy atom. The Labute approximate surface area is 181 Å². The fourth-order valence-electron chi connectivity index (χ4n) is 4.10. The number of carbonyl (C=O) groups is 4. The second-order valence-electron chi connectivity index (χ2n) is 8.31. The summed E-state index contributed by atoms with van der Waals surface area (Å²) in [6.07, 6.45) is 2.86. The van der Waals surface area contributed by atoms with Crippen molar-refractivity contribution in [1.29, 1.82) is 0 Å². The zero-order valence-electron chi connectivity index (χ0n) is 17.4. The molecule has 0 spiro atoms. The first-order chi connectivity index (χ1) is 14.2. The molecule has 7 nitrogen and oxygen atoms in total. The van der Waals surface area contributed by atoms with Gasteiger partial charge in [-0.05, 0) is 37.0 Å². The summed E-state index contributed by atoms with van der Waals surface area (Å²) in [5.74, 6) is -1.69. The lowest BCUT2D eigenvalue weighted by molar-refractivity contribution is -0.157. The molecule has 0 unspecified atom stereocenters. The van der Waals surface area contributed by atoms with Crippen LogP contribution in [0.4, 0.5) is 4.79 Å². The van der Waals surface area contributed by atoms with Crippen molar-refractivity contribution in [2.45, 2.75) is 57.9 Å². The maximum Gasteiger partial charge on any atom is 0.334 e. The molecule has 0 bridgehead atoms. The number of hydrogen-bond acceptors (Lipinski definition) is 5. The monoisotopic (exact) mass is 434 g/mol. The van der Waals surface area contributed by atoms with E-state index in [0.29, 0.717) is 24.3 Å². The fourth-order valence-corrected chi connectivity index (χ4v) is 4.31. The van der Waals surface area contributed by atoms with Gasteiger partial charge in [0.1, 0.15) is 13.0 Å². The maximum absolute atomic E-state index is 13.2. The van der Waals surface area contributed by atoms with Crippen LogP contribution in [0.15, 0.2) is 24.3 Å². The number of halogens is 1. The number of benzene rings is 1. The lowest BCUT2D eigenvalue weighted by Crippen LogP contribution is -2.64. The third kappa shape index (κ3) is 4.67. The highest BCUT2D eigenvalue weighted by molar-refractivity contribution is 6.30. The van der Waals surface area contributed by atoms with Gasteiger partial charge in [0.25, 0.3) is 0 Å². The Balaban J connectivity index is 1.78. The summed E-state index contributed by atoms with van der Waals surface area (Å²) in [6, 6.07) is 6.60. The third-order valence-corrected chi connectivity index (χ3v) is 5.99. The number of nitrogens with zero attached hydrogens (tertiary/aromatic N) is 2. The summed E-state index contributed by atoms with van der Waals surface area (Å²) in [5.41, 5.74) is 0.0151. The maximum atomic E-state index is 13.2. The number of esters is 1. The van der Waals surface area contributed by atoms with Crippen molar-refractivity contribution in [3.63, 3.8) is 0 Å². The van der Waals surface area contributed by atoms with E-state index in [1.54, 1.807) is 26.0 Å². The van der Waals surface area contributed by atoms with Crippen LogP contribution in [0.5, 0.6) is 0 Å². The molecule has 30 heavy (non-hydrogen) atoms. The fraction of sp³-hybridized carbons (Fsp3) is 0.545. The van der Waals surface area contributed by atoms with Gasteiger partial charge in [-0.2, -0.15) is 0 Å². The first-order valence-corrected chi connectivity index (χ1v) is 10.7. The second-order valence-corrected chi connectivity index (χ2v) is 8.74. The van der Waals surface area contributed by atoms with Crippen molar-refractivity contribution in [3.8, 4) is 0 Å². The number of hydrogen-bond donors (Lipinski definition) is 0. The number of carbonyl (C=O) groups excluding carboxylic acids is 4. The first kappa shape index (κ1) is 22.3. The average molecular weight is 435 g/mol. The smallest absolute Gasteiger partial charge is 0.334 e. The van der Waals surface area contributed by atoms with E-state index >= 15 is 0 Å². The van der Waals surface area contributed by atoms with Gasteiger partial charge >= 0.3 is 12.0 Å². The van der Waals surface area contributed by atoms with Crippen molar-refractivity contribution < 1.29 is 23.9 Å². The van der Waals surface area contributed by atoms with Crippen LogP contribution in [0.25, 0.3) is 0 Å². The summed E-state index contributed by atoms with van der Waals surface area (Å²) in [5, 5.41) is 0.581. The first-order valence-electron chi connectivity index (χ1n) is 10.3. The van der Waals surface area contributed by atoms with E-state index in [-0.39, 0.29) is 31.5 Å². The highest BCUT2D eigenvalue weighted by atomic mass is 35.5. The molecule has 1 saturated heterocycles. The molecule has 4 amide bonds. The van der Waals surface area contributed by atoms with E-state index < -0.39 is 23.4 Å². The van der Waals surface area contributed by atoms with Gasteiger partial charge in [0.15, 0.2) is 0 Å². The molecule has 2 fully saturated rings. The van der Waals surface area contributed by atoms with Gasteiger partial charge in [-0.3, -0.25) is 24.2 Å². The molecular formula is C22H27ClN2O5. The Morgan fingerprint density at radius 2 is 1.87 bits per heavy atom. The number of rotatable bonds is 7. The molecule has 1 aliphatic heterocycles. The van der Waals surface area contributed by atoms with E-state index in [2.05, 4.69) is 0 Å². The van der Waals surface area contributed by atoms with Crippen LogP contribution in [-0.2, 0) is 25.5 Å². The minimum absolute atomic E-state index is 0.0299. The highest BCUT2D eigenvalue weighted by Crippen LogP contribution is 2.38. The molecular weight excluding hydrogens is 408 g/mol. The van der Waals surface area contributed by atoms with Crippen LogP contribution >= 0.6 is 11.6 Å².